The summed E-state index contributed by atoms with van der Waals surface area (Å²) in [5, 5.41) is 12.6. The van der Waals surface area contributed by atoms with Crippen molar-refractivity contribution in [2.75, 3.05) is 38.3 Å². The molecule has 2 atom stereocenters. The van der Waals surface area contributed by atoms with Crippen LogP contribution in [0.15, 0.2) is 18.5 Å². The van der Waals surface area contributed by atoms with Crippen molar-refractivity contribution >= 4 is 33.2 Å². The molecular formula is C23H27F3N6O4S. The predicted molar refractivity (Wildman–Crippen MR) is 130 cm³/mol. The van der Waals surface area contributed by atoms with Crippen LogP contribution in [0.3, 0.4) is 0 Å². The summed E-state index contributed by atoms with van der Waals surface area (Å²) in [6.07, 6.45) is -1.34. The molecule has 2 unspecified atom stereocenters. The summed E-state index contributed by atoms with van der Waals surface area (Å²) in [5.41, 5.74) is 0.514. The number of aromatic nitrogens is 4. The number of rotatable bonds is 8. The lowest BCUT2D eigenvalue weighted by Gasteiger charge is -2.31. The van der Waals surface area contributed by atoms with Gasteiger partial charge in [-0.25, -0.2) is 9.97 Å². The second-order valence-electron chi connectivity index (χ2n) is 8.70. The minimum atomic E-state index is -4.58. The third-order valence-electron chi connectivity index (χ3n) is 6.12. The van der Waals surface area contributed by atoms with E-state index in [1.807, 2.05) is 6.92 Å². The van der Waals surface area contributed by atoms with E-state index >= 15 is 0 Å². The summed E-state index contributed by atoms with van der Waals surface area (Å²) in [5.74, 6) is 1.29. The van der Waals surface area contributed by atoms with Gasteiger partial charge in [0, 0.05) is 31.5 Å². The highest BCUT2D eigenvalue weighted by Gasteiger charge is 2.36. The van der Waals surface area contributed by atoms with E-state index in [1.54, 1.807) is 12.1 Å². The molecule has 0 spiro atoms. The first-order chi connectivity index (χ1) is 17.9. The number of nitrogens with zero attached hydrogens (tertiary/aromatic N) is 4. The van der Waals surface area contributed by atoms with E-state index in [2.05, 4.69) is 30.8 Å². The molecule has 2 aliphatic rings. The number of fused-ring (bicyclic) bond motifs is 1. The quantitative estimate of drug-likeness (QED) is 0.436. The molecule has 2 N–H and O–H groups in total. The number of nitrogens with one attached hydrogen (secondary N) is 2. The molecule has 0 aliphatic carbocycles. The van der Waals surface area contributed by atoms with E-state index in [0.29, 0.717) is 73.0 Å². The van der Waals surface area contributed by atoms with Gasteiger partial charge in [-0.15, -0.1) is 10.2 Å². The molecule has 2 aromatic heterocycles. The molecule has 0 radical (unpaired) electrons. The first kappa shape index (κ1) is 25.8. The number of morpholine rings is 1. The zero-order valence-electron chi connectivity index (χ0n) is 20.1. The van der Waals surface area contributed by atoms with Gasteiger partial charge >= 0.3 is 6.18 Å². The van der Waals surface area contributed by atoms with Crippen LogP contribution in [0.4, 0.5) is 24.1 Å². The van der Waals surface area contributed by atoms with Gasteiger partial charge in [-0.05, 0) is 6.42 Å². The van der Waals surface area contributed by atoms with Gasteiger partial charge in [-0.1, -0.05) is 18.3 Å². The molecule has 200 valence electrons. The standard InChI is InChI=1S/C23H27F3N6O4S/c1-2-17(16-11-34-8-5-27-16)36-14-9-15-19(18(10-14)35-13-3-6-33-7-4-13)20(29-12-28-15)30-22-32-31-21(37-22)23(24,25)26/h9-10,12-13,16-17,27H,2-8,11H2,1H3,(H,28,29,30,32). The van der Waals surface area contributed by atoms with Crippen LogP contribution in [-0.2, 0) is 15.7 Å². The first-order valence-electron chi connectivity index (χ1n) is 12.1. The average Bonchev–Trinajstić information content (AvgIpc) is 3.38. The Morgan fingerprint density at radius 3 is 2.70 bits per heavy atom. The SMILES string of the molecule is CCC(Oc1cc(OC2CCOCC2)c2c(Nc3nnc(C(F)(F)F)s3)ncnc2c1)C1COCCN1. The van der Waals surface area contributed by atoms with Crippen LogP contribution in [0, 0.1) is 0 Å². The van der Waals surface area contributed by atoms with E-state index in [9.17, 15) is 13.2 Å². The Labute approximate surface area is 214 Å². The largest absolute Gasteiger partial charge is 0.489 e. The normalized spacial score (nSPS) is 20.1. The number of halogens is 3. The number of hydrogen-bond acceptors (Lipinski definition) is 11. The Morgan fingerprint density at radius 2 is 2.00 bits per heavy atom. The lowest BCUT2D eigenvalue weighted by Crippen LogP contribution is -2.50. The molecule has 4 heterocycles. The first-order valence-corrected chi connectivity index (χ1v) is 12.9. The van der Waals surface area contributed by atoms with Crippen LogP contribution in [-0.4, -0.2) is 71.4 Å². The number of alkyl halides is 3. The van der Waals surface area contributed by atoms with E-state index < -0.39 is 11.2 Å². The second-order valence-corrected chi connectivity index (χ2v) is 9.68. The van der Waals surface area contributed by atoms with Crippen LogP contribution in [0.25, 0.3) is 10.9 Å². The third kappa shape index (κ3) is 6.20. The summed E-state index contributed by atoms with van der Waals surface area (Å²) < 4.78 is 62.9. The fourth-order valence-corrected chi connectivity index (χ4v) is 4.91. The summed E-state index contributed by atoms with van der Waals surface area (Å²) in [6.45, 7) is 5.17. The molecule has 2 aliphatic heterocycles. The van der Waals surface area contributed by atoms with Crippen molar-refractivity contribution in [3.8, 4) is 11.5 Å². The van der Waals surface area contributed by atoms with Gasteiger partial charge in [0.15, 0.2) is 0 Å². The van der Waals surface area contributed by atoms with E-state index in [4.69, 9.17) is 18.9 Å². The molecule has 37 heavy (non-hydrogen) atoms. The highest BCUT2D eigenvalue weighted by Crippen LogP contribution is 2.39. The molecule has 0 saturated carbocycles. The summed E-state index contributed by atoms with van der Waals surface area (Å²) in [4.78, 5) is 8.67. The summed E-state index contributed by atoms with van der Waals surface area (Å²) in [7, 11) is 0. The minimum Gasteiger partial charge on any atom is -0.489 e. The fourth-order valence-electron chi connectivity index (χ4n) is 4.30. The lowest BCUT2D eigenvalue weighted by molar-refractivity contribution is -0.138. The molecular weight excluding hydrogens is 513 g/mol. The van der Waals surface area contributed by atoms with Crippen molar-refractivity contribution in [2.24, 2.45) is 0 Å². The third-order valence-corrected chi connectivity index (χ3v) is 7.00. The minimum absolute atomic E-state index is 0.0390. The van der Waals surface area contributed by atoms with Gasteiger partial charge in [-0.2, -0.15) is 13.2 Å². The summed E-state index contributed by atoms with van der Waals surface area (Å²) >= 11 is 0.396. The number of ether oxygens (including phenoxy) is 4. The maximum atomic E-state index is 13.0. The zero-order valence-corrected chi connectivity index (χ0v) is 20.9. The van der Waals surface area contributed by atoms with Crippen LogP contribution in [0.1, 0.15) is 31.2 Å². The van der Waals surface area contributed by atoms with Crippen molar-refractivity contribution < 1.29 is 32.1 Å². The van der Waals surface area contributed by atoms with Crippen LogP contribution < -0.4 is 20.1 Å². The van der Waals surface area contributed by atoms with Crippen molar-refractivity contribution in [3.63, 3.8) is 0 Å². The average molecular weight is 541 g/mol. The van der Waals surface area contributed by atoms with Crippen LogP contribution in [0.5, 0.6) is 11.5 Å². The Morgan fingerprint density at radius 1 is 1.16 bits per heavy atom. The second kappa shape index (κ2) is 11.3. The van der Waals surface area contributed by atoms with Crippen LogP contribution in [0.2, 0.25) is 0 Å². The number of anilines is 2. The molecule has 3 aromatic rings. The molecule has 1 aromatic carbocycles. The molecule has 14 heteroatoms. The van der Waals surface area contributed by atoms with E-state index in [1.165, 1.54) is 6.33 Å². The lowest BCUT2D eigenvalue weighted by atomic mass is 10.1. The van der Waals surface area contributed by atoms with Gasteiger partial charge in [0.05, 0.1) is 43.4 Å². The van der Waals surface area contributed by atoms with Crippen molar-refractivity contribution in [3.05, 3.63) is 23.5 Å². The number of benzene rings is 1. The maximum Gasteiger partial charge on any atom is 0.445 e. The number of hydrogen-bond donors (Lipinski definition) is 2. The molecule has 5 rings (SSSR count). The van der Waals surface area contributed by atoms with E-state index in [-0.39, 0.29) is 29.2 Å². The van der Waals surface area contributed by atoms with Gasteiger partial charge in [0.25, 0.3) is 0 Å². The molecule has 10 nitrogen and oxygen atoms in total. The van der Waals surface area contributed by atoms with E-state index in [0.717, 1.165) is 13.0 Å². The zero-order chi connectivity index (χ0) is 25.8. The topological polar surface area (TPSA) is 113 Å². The fraction of sp³-hybridized carbons (Fsp3) is 0.565. The summed E-state index contributed by atoms with van der Waals surface area (Å²) in [6, 6.07) is 3.59. The molecule has 0 amide bonds. The van der Waals surface area contributed by atoms with Crippen molar-refractivity contribution in [1.82, 2.24) is 25.5 Å². The van der Waals surface area contributed by atoms with Gasteiger partial charge in [-0.3, -0.25) is 0 Å². The maximum absolute atomic E-state index is 13.0. The Hall–Kier alpha value is -2.81. The Bertz CT molecular complexity index is 1200. The van der Waals surface area contributed by atoms with Crippen molar-refractivity contribution in [1.29, 1.82) is 0 Å². The smallest absolute Gasteiger partial charge is 0.445 e. The monoisotopic (exact) mass is 540 g/mol. The highest BCUT2D eigenvalue weighted by atomic mass is 32.1. The molecule has 2 saturated heterocycles. The van der Waals surface area contributed by atoms with Gasteiger partial charge in [0.1, 0.15) is 35.9 Å². The predicted octanol–water partition coefficient (Wildman–Crippen LogP) is 3.95. The van der Waals surface area contributed by atoms with Crippen LogP contribution >= 0.6 is 11.3 Å². The van der Waals surface area contributed by atoms with Gasteiger partial charge < -0.3 is 29.6 Å². The van der Waals surface area contributed by atoms with Crippen molar-refractivity contribution in [2.45, 2.75) is 50.6 Å². The Kier molecular flexibility index (Phi) is 7.88. The Balaban J connectivity index is 1.49. The highest BCUT2D eigenvalue weighted by molar-refractivity contribution is 7.15. The molecule has 2 fully saturated rings. The van der Waals surface area contributed by atoms with Gasteiger partial charge in [0.2, 0.25) is 10.1 Å². The molecule has 0 bridgehead atoms.